The summed E-state index contributed by atoms with van der Waals surface area (Å²) in [5.41, 5.74) is 3.05. The minimum absolute atomic E-state index is 0.0352. The number of methoxy groups -OCH3 is 1. The Balaban J connectivity index is 1.85. The fourth-order valence-corrected chi connectivity index (χ4v) is 3.81. The van der Waals surface area contributed by atoms with Crippen molar-refractivity contribution in [3.05, 3.63) is 65.5 Å². The number of piperidine rings is 1. The number of nitrogens with one attached hydrogen (secondary N) is 1. The number of rotatable bonds is 7. The Hall–Kier alpha value is -2.73. The van der Waals surface area contributed by atoms with Crippen molar-refractivity contribution in [1.29, 1.82) is 0 Å². The van der Waals surface area contributed by atoms with Crippen molar-refractivity contribution in [3.8, 4) is 0 Å². The third-order valence-electron chi connectivity index (χ3n) is 5.28. The van der Waals surface area contributed by atoms with E-state index in [2.05, 4.69) is 10.3 Å². The number of carbonyl (C=O) groups excluding carboxylic acids is 2. The highest BCUT2D eigenvalue weighted by Crippen LogP contribution is 2.38. The van der Waals surface area contributed by atoms with Crippen LogP contribution in [0.5, 0.6) is 0 Å². The second-order valence-electron chi connectivity index (χ2n) is 7.11. The highest BCUT2D eigenvalue weighted by atomic mass is 16.5. The summed E-state index contributed by atoms with van der Waals surface area (Å²) in [4.78, 5) is 31.7. The summed E-state index contributed by atoms with van der Waals surface area (Å²) >= 11 is 0. The molecule has 0 unspecified atom stereocenters. The van der Waals surface area contributed by atoms with Crippen LogP contribution in [0.25, 0.3) is 0 Å². The molecule has 1 aliphatic rings. The number of ether oxygens (including phenoxy) is 1. The van der Waals surface area contributed by atoms with E-state index in [-0.39, 0.29) is 23.8 Å². The largest absolute Gasteiger partial charge is 0.383 e. The first kappa shape index (κ1) is 20.0. The fourth-order valence-electron chi connectivity index (χ4n) is 3.81. The van der Waals surface area contributed by atoms with Gasteiger partial charge >= 0.3 is 0 Å². The molecule has 1 N–H and O–H groups in total. The molecule has 1 fully saturated rings. The molecule has 2 atom stereocenters. The number of likely N-dealkylation sites (tertiary alicyclic amines) is 1. The molecule has 148 valence electrons. The van der Waals surface area contributed by atoms with Crippen molar-refractivity contribution < 1.29 is 14.3 Å². The lowest BCUT2D eigenvalue weighted by Crippen LogP contribution is -2.49. The Morgan fingerprint density at radius 1 is 1.29 bits per heavy atom. The van der Waals surface area contributed by atoms with Crippen LogP contribution < -0.4 is 5.32 Å². The van der Waals surface area contributed by atoms with Crippen LogP contribution in [-0.4, -0.2) is 42.0 Å². The smallest absolute Gasteiger partial charge is 0.225 e. The van der Waals surface area contributed by atoms with Crippen LogP contribution in [0.3, 0.4) is 0 Å². The molecule has 0 saturated carbocycles. The maximum absolute atomic E-state index is 13.1. The zero-order valence-electron chi connectivity index (χ0n) is 16.4. The quantitative estimate of drug-likeness (QED) is 0.800. The lowest BCUT2D eigenvalue weighted by atomic mass is 9.82. The minimum atomic E-state index is -0.299. The van der Waals surface area contributed by atoms with E-state index in [1.54, 1.807) is 19.5 Å². The topological polar surface area (TPSA) is 71.5 Å². The van der Waals surface area contributed by atoms with E-state index >= 15 is 0 Å². The van der Waals surface area contributed by atoms with Crippen LogP contribution >= 0.6 is 0 Å². The summed E-state index contributed by atoms with van der Waals surface area (Å²) in [5, 5.41) is 3.03. The normalized spacial score (nSPS) is 19.5. The van der Waals surface area contributed by atoms with Crippen LogP contribution in [0.4, 0.5) is 0 Å². The Bertz CT molecular complexity index is 810. The van der Waals surface area contributed by atoms with E-state index in [0.29, 0.717) is 32.5 Å². The summed E-state index contributed by atoms with van der Waals surface area (Å²) < 4.78 is 5.21. The molecule has 0 bridgehead atoms. The van der Waals surface area contributed by atoms with E-state index in [1.165, 1.54) is 0 Å². The highest BCUT2D eigenvalue weighted by Gasteiger charge is 2.40. The number of nitrogens with zero attached hydrogens (tertiary/aromatic N) is 2. The molecule has 1 saturated heterocycles. The van der Waals surface area contributed by atoms with Crippen molar-refractivity contribution in [3.63, 3.8) is 0 Å². The van der Waals surface area contributed by atoms with Crippen molar-refractivity contribution in [2.75, 3.05) is 20.3 Å². The molecule has 0 radical (unpaired) electrons. The molecule has 2 amide bonds. The van der Waals surface area contributed by atoms with E-state index in [9.17, 15) is 9.59 Å². The van der Waals surface area contributed by atoms with Crippen LogP contribution in [0.2, 0.25) is 0 Å². The molecular formula is C22H27N3O3. The molecule has 2 heterocycles. The molecule has 1 aromatic carbocycles. The standard InChI is InChI=1S/C22H27N3O3/c1-16-6-3-4-8-18(16)21-19(9-10-20(26)25(21)12-13-28-2)22(27)24-15-17-7-5-11-23-14-17/h3-8,11,14,19,21H,9-10,12-13,15H2,1-2H3,(H,24,27)/t19-,21+/m1/s1. The molecule has 1 aromatic heterocycles. The molecule has 3 rings (SSSR count). The average Bonchev–Trinajstić information content (AvgIpc) is 2.72. The van der Waals surface area contributed by atoms with Gasteiger partial charge in [0.15, 0.2) is 0 Å². The predicted molar refractivity (Wildman–Crippen MR) is 106 cm³/mol. The molecule has 2 aromatic rings. The zero-order valence-corrected chi connectivity index (χ0v) is 16.4. The van der Waals surface area contributed by atoms with Gasteiger partial charge < -0.3 is 15.0 Å². The van der Waals surface area contributed by atoms with Gasteiger partial charge in [-0.05, 0) is 36.1 Å². The first-order valence-corrected chi connectivity index (χ1v) is 9.62. The zero-order chi connectivity index (χ0) is 19.9. The second-order valence-corrected chi connectivity index (χ2v) is 7.11. The average molecular weight is 381 g/mol. The number of aryl methyl sites for hydroxylation is 1. The third-order valence-corrected chi connectivity index (χ3v) is 5.28. The first-order valence-electron chi connectivity index (χ1n) is 9.62. The van der Waals surface area contributed by atoms with Gasteiger partial charge in [-0.1, -0.05) is 30.3 Å². The van der Waals surface area contributed by atoms with Crippen molar-refractivity contribution in [2.45, 2.75) is 32.4 Å². The Labute approximate surface area is 165 Å². The summed E-state index contributed by atoms with van der Waals surface area (Å²) in [6.45, 7) is 3.36. The van der Waals surface area contributed by atoms with Crippen molar-refractivity contribution in [1.82, 2.24) is 15.2 Å². The molecule has 0 aliphatic carbocycles. The molecule has 0 spiro atoms. The lowest BCUT2D eigenvalue weighted by Gasteiger charge is -2.41. The Morgan fingerprint density at radius 2 is 2.11 bits per heavy atom. The third kappa shape index (κ3) is 4.57. The van der Waals surface area contributed by atoms with Crippen LogP contribution in [-0.2, 0) is 20.9 Å². The number of hydrogen-bond donors (Lipinski definition) is 1. The second kappa shape index (κ2) is 9.46. The first-order chi connectivity index (χ1) is 13.6. The highest BCUT2D eigenvalue weighted by molar-refractivity contribution is 5.85. The SMILES string of the molecule is COCCN1C(=O)CC[C@@H](C(=O)NCc2cccnc2)[C@@H]1c1ccccc1C. The number of carbonyl (C=O) groups is 2. The summed E-state index contributed by atoms with van der Waals surface area (Å²) in [6, 6.07) is 11.5. The number of hydrogen-bond acceptors (Lipinski definition) is 4. The van der Waals surface area contributed by atoms with Gasteiger partial charge in [-0.2, -0.15) is 0 Å². The maximum Gasteiger partial charge on any atom is 0.225 e. The van der Waals surface area contributed by atoms with Crippen molar-refractivity contribution >= 4 is 11.8 Å². The monoisotopic (exact) mass is 381 g/mol. The molecular weight excluding hydrogens is 354 g/mol. The Kier molecular flexibility index (Phi) is 6.76. The lowest BCUT2D eigenvalue weighted by molar-refractivity contribution is -0.144. The van der Waals surface area contributed by atoms with E-state index in [1.807, 2.05) is 48.2 Å². The van der Waals surface area contributed by atoms with Crippen molar-refractivity contribution in [2.24, 2.45) is 5.92 Å². The molecule has 28 heavy (non-hydrogen) atoms. The number of pyridine rings is 1. The summed E-state index contributed by atoms with van der Waals surface area (Å²) in [7, 11) is 1.62. The van der Waals surface area contributed by atoms with Gasteiger partial charge in [-0.15, -0.1) is 0 Å². The van der Waals surface area contributed by atoms with E-state index in [0.717, 1.165) is 16.7 Å². The maximum atomic E-state index is 13.1. The molecule has 1 aliphatic heterocycles. The van der Waals surface area contributed by atoms with Crippen LogP contribution in [0.15, 0.2) is 48.8 Å². The van der Waals surface area contributed by atoms with Gasteiger partial charge in [-0.25, -0.2) is 0 Å². The minimum Gasteiger partial charge on any atom is -0.383 e. The number of benzene rings is 1. The van der Waals surface area contributed by atoms with E-state index < -0.39 is 0 Å². The fraction of sp³-hybridized carbons (Fsp3) is 0.409. The van der Waals surface area contributed by atoms with Gasteiger partial charge in [0.25, 0.3) is 0 Å². The predicted octanol–water partition coefficient (Wildman–Crippen LogP) is 2.63. The van der Waals surface area contributed by atoms with Crippen LogP contribution in [0.1, 0.15) is 35.6 Å². The summed E-state index contributed by atoms with van der Waals surface area (Å²) in [6.07, 6.45) is 4.37. The molecule has 6 nitrogen and oxygen atoms in total. The van der Waals surface area contributed by atoms with Gasteiger partial charge in [0, 0.05) is 39.0 Å². The molecule has 6 heteroatoms. The number of aromatic nitrogens is 1. The van der Waals surface area contributed by atoms with Gasteiger partial charge in [0.2, 0.25) is 11.8 Å². The number of amides is 2. The van der Waals surface area contributed by atoms with E-state index in [4.69, 9.17) is 4.74 Å². The van der Waals surface area contributed by atoms with Gasteiger partial charge in [-0.3, -0.25) is 14.6 Å². The van der Waals surface area contributed by atoms with Gasteiger partial charge in [0.1, 0.15) is 0 Å². The summed E-state index contributed by atoms with van der Waals surface area (Å²) in [5.74, 6) is -0.263. The van der Waals surface area contributed by atoms with Crippen LogP contribution in [0, 0.1) is 12.8 Å². The van der Waals surface area contributed by atoms with Gasteiger partial charge in [0.05, 0.1) is 18.6 Å². The Morgan fingerprint density at radius 3 is 2.82 bits per heavy atom.